The SMILES string of the molecule is N=C(N=C(N)N)SCc1ncno1. The molecule has 0 spiro atoms. The summed E-state index contributed by atoms with van der Waals surface area (Å²) >= 11 is 1.10. The molecular weight excluding hydrogens is 192 g/mol. The van der Waals surface area contributed by atoms with Crippen molar-refractivity contribution in [2.45, 2.75) is 5.75 Å². The summed E-state index contributed by atoms with van der Waals surface area (Å²) in [6.45, 7) is 0. The molecule has 13 heavy (non-hydrogen) atoms. The van der Waals surface area contributed by atoms with Gasteiger partial charge in [0.2, 0.25) is 5.89 Å². The Morgan fingerprint density at radius 1 is 1.69 bits per heavy atom. The molecule has 0 fully saturated rings. The summed E-state index contributed by atoms with van der Waals surface area (Å²) in [5.41, 5.74) is 10.1. The maximum atomic E-state index is 7.25. The minimum atomic E-state index is -0.136. The molecule has 0 atom stereocenters. The van der Waals surface area contributed by atoms with Crippen molar-refractivity contribution in [2.75, 3.05) is 0 Å². The highest BCUT2D eigenvalue weighted by Crippen LogP contribution is 2.10. The zero-order chi connectivity index (χ0) is 9.68. The molecule has 5 N–H and O–H groups in total. The summed E-state index contributed by atoms with van der Waals surface area (Å²) in [5, 5.41) is 10.7. The fourth-order valence-electron chi connectivity index (χ4n) is 0.539. The summed E-state index contributed by atoms with van der Waals surface area (Å²) in [4.78, 5) is 7.27. The van der Waals surface area contributed by atoms with Crippen molar-refractivity contribution in [3.8, 4) is 0 Å². The topological polar surface area (TPSA) is 127 Å². The van der Waals surface area contributed by atoms with E-state index in [0.717, 1.165) is 11.8 Å². The number of nitrogens with one attached hydrogen (secondary N) is 1. The molecule has 8 heteroatoms. The van der Waals surface area contributed by atoms with Crippen LogP contribution >= 0.6 is 11.8 Å². The summed E-state index contributed by atoms with van der Waals surface area (Å²) in [5.74, 6) is 0.680. The van der Waals surface area contributed by atoms with Gasteiger partial charge in [-0.25, -0.2) is 0 Å². The number of rotatable bonds is 2. The first-order valence-corrected chi connectivity index (χ1v) is 4.23. The number of amidine groups is 1. The molecule has 0 unspecified atom stereocenters. The Labute approximate surface area is 78.1 Å². The van der Waals surface area contributed by atoms with E-state index in [-0.39, 0.29) is 11.1 Å². The number of nitrogens with two attached hydrogens (primary N) is 2. The molecule has 0 radical (unpaired) electrons. The Balaban J connectivity index is 2.35. The first-order chi connectivity index (χ1) is 6.18. The molecular formula is C5H8N6OS. The van der Waals surface area contributed by atoms with E-state index in [1.54, 1.807) is 0 Å². The number of hydrogen-bond acceptors (Lipinski definition) is 5. The van der Waals surface area contributed by atoms with Crippen LogP contribution in [-0.2, 0) is 5.75 Å². The Morgan fingerprint density at radius 3 is 3.00 bits per heavy atom. The fourth-order valence-corrected chi connectivity index (χ4v) is 1.10. The van der Waals surface area contributed by atoms with E-state index in [2.05, 4.69) is 15.1 Å². The molecule has 0 bridgehead atoms. The van der Waals surface area contributed by atoms with Crippen molar-refractivity contribution in [3.05, 3.63) is 12.2 Å². The van der Waals surface area contributed by atoms with Gasteiger partial charge in [0.1, 0.15) is 0 Å². The lowest BCUT2D eigenvalue weighted by atomic mass is 10.8. The smallest absolute Gasteiger partial charge is 0.236 e. The summed E-state index contributed by atoms with van der Waals surface area (Å²) in [6, 6.07) is 0. The van der Waals surface area contributed by atoms with Gasteiger partial charge in [-0.15, -0.1) is 0 Å². The lowest BCUT2D eigenvalue weighted by Gasteiger charge is -1.94. The largest absolute Gasteiger partial charge is 0.370 e. The van der Waals surface area contributed by atoms with Crippen molar-refractivity contribution >= 4 is 22.9 Å². The van der Waals surface area contributed by atoms with Gasteiger partial charge in [0.05, 0.1) is 5.75 Å². The van der Waals surface area contributed by atoms with Crippen LogP contribution in [0.5, 0.6) is 0 Å². The third-order valence-electron chi connectivity index (χ3n) is 0.970. The average molecular weight is 200 g/mol. The Hall–Kier alpha value is -1.57. The second-order valence-electron chi connectivity index (χ2n) is 1.97. The van der Waals surface area contributed by atoms with Gasteiger partial charge in [-0.3, -0.25) is 5.41 Å². The van der Waals surface area contributed by atoms with Gasteiger partial charge >= 0.3 is 0 Å². The van der Waals surface area contributed by atoms with Crippen LogP contribution in [0.3, 0.4) is 0 Å². The lowest BCUT2D eigenvalue weighted by Crippen LogP contribution is -2.23. The molecule has 1 aromatic heterocycles. The second kappa shape index (κ2) is 4.45. The molecule has 0 aromatic carbocycles. The van der Waals surface area contributed by atoms with Crippen LogP contribution in [0.25, 0.3) is 0 Å². The van der Waals surface area contributed by atoms with Crippen molar-refractivity contribution < 1.29 is 4.52 Å². The Bertz CT molecular complexity index is 303. The van der Waals surface area contributed by atoms with Gasteiger partial charge in [-0.2, -0.15) is 9.98 Å². The summed E-state index contributed by atoms with van der Waals surface area (Å²) in [6.07, 6.45) is 1.29. The van der Waals surface area contributed by atoms with Crippen LogP contribution in [0.1, 0.15) is 5.89 Å². The molecule has 0 aliphatic heterocycles. The maximum Gasteiger partial charge on any atom is 0.236 e. The minimum absolute atomic E-state index is 0.0122. The highest BCUT2D eigenvalue weighted by molar-refractivity contribution is 8.13. The summed E-state index contributed by atoms with van der Waals surface area (Å²) in [7, 11) is 0. The fraction of sp³-hybridized carbons (Fsp3) is 0.200. The Morgan fingerprint density at radius 2 is 2.46 bits per heavy atom. The number of aromatic nitrogens is 2. The van der Waals surface area contributed by atoms with Gasteiger partial charge in [0.25, 0.3) is 0 Å². The van der Waals surface area contributed by atoms with E-state index in [4.69, 9.17) is 21.4 Å². The van der Waals surface area contributed by atoms with Crippen LogP contribution in [0, 0.1) is 5.41 Å². The van der Waals surface area contributed by atoms with E-state index >= 15 is 0 Å². The van der Waals surface area contributed by atoms with Crippen molar-refractivity contribution in [3.63, 3.8) is 0 Å². The molecule has 1 heterocycles. The van der Waals surface area contributed by atoms with E-state index in [1.807, 2.05) is 0 Å². The molecule has 0 aliphatic carbocycles. The van der Waals surface area contributed by atoms with Crippen molar-refractivity contribution in [2.24, 2.45) is 16.5 Å². The van der Waals surface area contributed by atoms with E-state index in [9.17, 15) is 0 Å². The molecule has 0 aliphatic rings. The number of thioether (sulfide) groups is 1. The highest BCUT2D eigenvalue weighted by Gasteiger charge is 2.02. The summed E-state index contributed by atoms with van der Waals surface area (Å²) < 4.78 is 4.70. The minimum Gasteiger partial charge on any atom is -0.370 e. The van der Waals surface area contributed by atoms with Crippen LogP contribution in [0.2, 0.25) is 0 Å². The number of aliphatic imine (C=N–C) groups is 1. The average Bonchev–Trinajstić information content (AvgIpc) is 2.51. The first-order valence-electron chi connectivity index (χ1n) is 3.25. The van der Waals surface area contributed by atoms with Crippen LogP contribution in [-0.4, -0.2) is 21.3 Å². The zero-order valence-electron chi connectivity index (χ0n) is 6.60. The molecule has 70 valence electrons. The maximum absolute atomic E-state index is 7.25. The highest BCUT2D eigenvalue weighted by atomic mass is 32.2. The number of nitrogens with zero attached hydrogens (tertiary/aromatic N) is 3. The van der Waals surface area contributed by atoms with Gasteiger partial charge < -0.3 is 16.0 Å². The molecule has 1 rings (SSSR count). The third-order valence-corrected chi connectivity index (χ3v) is 1.73. The van der Waals surface area contributed by atoms with Gasteiger partial charge in [0.15, 0.2) is 17.5 Å². The van der Waals surface area contributed by atoms with Crippen LogP contribution in [0.4, 0.5) is 0 Å². The molecule has 0 saturated carbocycles. The van der Waals surface area contributed by atoms with E-state index in [0.29, 0.717) is 11.6 Å². The second-order valence-corrected chi connectivity index (χ2v) is 2.93. The standard InChI is InChI=1S/C5H8N6OS/c6-4(7)11-5(8)13-1-3-9-2-10-12-3/h2H,1H2,(H5,6,7,8,11). The van der Waals surface area contributed by atoms with Gasteiger partial charge in [0, 0.05) is 0 Å². The third kappa shape index (κ3) is 3.56. The van der Waals surface area contributed by atoms with Crippen molar-refractivity contribution in [1.29, 1.82) is 5.41 Å². The molecule has 7 nitrogen and oxygen atoms in total. The van der Waals surface area contributed by atoms with E-state index < -0.39 is 0 Å². The molecule has 1 aromatic rings. The molecule has 0 saturated heterocycles. The first kappa shape index (κ1) is 9.52. The van der Waals surface area contributed by atoms with E-state index in [1.165, 1.54) is 6.33 Å². The molecule has 0 amide bonds. The lowest BCUT2D eigenvalue weighted by molar-refractivity contribution is 0.390. The predicted octanol–water partition coefficient (Wildman–Crippen LogP) is -0.489. The number of guanidine groups is 1. The van der Waals surface area contributed by atoms with Crippen molar-refractivity contribution in [1.82, 2.24) is 10.1 Å². The zero-order valence-corrected chi connectivity index (χ0v) is 7.41. The quantitative estimate of drug-likeness (QED) is 0.436. The van der Waals surface area contributed by atoms with Gasteiger partial charge in [-0.1, -0.05) is 16.9 Å². The monoisotopic (exact) mass is 200 g/mol. The van der Waals surface area contributed by atoms with Crippen LogP contribution < -0.4 is 11.5 Å². The number of hydrogen-bond donors (Lipinski definition) is 3. The van der Waals surface area contributed by atoms with Gasteiger partial charge in [-0.05, 0) is 0 Å². The van der Waals surface area contributed by atoms with Crippen LogP contribution in [0.15, 0.2) is 15.8 Å². The predicted molar refractivity (Wildman–Crippen MR) is 49.1 cm³/mol. The Kier molecular flexibility index (Phi) is 3.26. The normalized spacial score (nSPS) is 9.54.